The Hall–Kier alpha value is -3.62. The fraction of sp³-hybridized carbons (Fsp3) is 0.300. The molecule has 0 aliphatic heterocycles. The summed E-state index contributed by atoms with van der Waals surface area (Å²) >= 11 is 0. The highest BCUT2D eigenvalue weighted by atomic mass is 16.7. The molecule has 1 heterocycles. The lowest BCUT2D eigenvalue weighted by molar-refractivity contribution is -0.151. The first-order valence-corrected chi connectivity index (χ1v) is 8.92. The summed E-state index contributed by atoms with van der Waals surface area (Å²) in [6, 6.07) is 14.7. The van der Waals surface area contributed by atoms with Gasteiger partial charge in [-0.15, -0.1) is 0 Å². The predicted molar refractivity (Wildman–Crippen MR) is 103 cm³/mol. The van der Waals surface area contributed by atoms with Crippen LogP contribution in [0.5, 0.6) is 0 Å². The van der Waals surface area contributed by atoms with Gasteiger partial charge in [0.15, 0.2) is 0 Å². The van der Waals surface area contributed by atoms with Crippen LogP contribution in [0.3, 0.4) is 0 Å². The third-order valence-corrected chi connectivity index (χ3v) is 3.73. The van der Waals surface area contributed by atoms with Crippen molar-refractivity contribution in [2.75, 3.05) is 26.9 Å². The summed E-state index contributed by atoms with van der Waals surface area (Å²) in [5, 5.41) is 2.26. The number of nitrogens with zero attached hydrogens (tertiary/aromatic N) is 2. The largest absolute Gasteiger partial charge is 0.445 e. The van der Waals surface area contributed by atoms with Gasteiger partial charge in [0.05, 0.1) is 0 Å². The van der Waals surface area contributed by atoms with Crippen molar-refractivity contribution < 1.29 is 28.6 Å². The standard InChI is InChI=1S/C20H23N3O6/c1-23(12-10-17-9-5-6-11-21-17)20(26)29-15-28-18(24)13-22-19(25)27-14-16-7-3-2-4-8-16/h2-9,11H,10,12-15H2,1H3,(H,22,25). The summed E-state index contributed by atoms with van der Waals surface area (Å²) in [4.78, 5) is 40.5. The van der Waals surface area contributed by atoms with Crippen molar-refractivity contribution >= 4 is 18.2 Å². The second-order valence-corrected chi connectivity index (χ2v) is 5.95. The van der Waals surface area contributed by atoms with Crippen LogP contribution in [0, 0.1) is 0 Å². The smallest absolute Gasteiger partial charge is 0.412 e. The maximum atomic E-state index is 11.8. The Labute approximate surface area is 168 Å². The zero-order valence-corrected chi connectivity index (χ0v) is 16.1. The molecule has 1 aromatic heterocycles. The number of carbonyl (C=O) groups is 3. The first-order chi connectivity index (χ1) is 14.0. The van der Waals surface area contributed by atoms with E-state index in [4.69, 9.17) is 14.2 Å². The molecular formula is C20H23N3O6. The lowest BCUT2D eigenvalue weighted by Gasteiger charge is -2.16. The van der Waals surface area contributed by atoms with Gasteiger partial charge >= 0.3 is 18.2 Å². The number of pyridine rings is 1. The van der Waals surface area contributed by atoms with E-state index in [9.17, 15) is 14.4 Å². The SMILES string of the molecule is CN(CCc1ccccn1)C(=O)OCOC(=O)CNC(=O)OCc1ccccc1. The van der Waals surface area contributed by atoms with Gasteiger partial charge in [0.25, 0.3) is 0 Å². The summed E-state index contributed by atoms with van der Waals surface area (Å²) < 4.78 is 14.6. The third kappa shape index (κ3) is 8.74. The number of aromatic nitrogens is 1. The van der Waals surface area contributed by atoms with E-state index in [0.717, 1.165) is 11.3 Å². The van der Waals surface area contributed by atoms with E-state index in [2.05, 4.69) is 10.3 Å². The van der Waals surface area contributed by atoms with Gasteiger partial charge in [-0.3, -0.25) is 9.78 Å². The number of hydrogen-bond acceptors (Lipinski definition) is 7. The van der Waals surface area contributed by atoms with Crippen LogP contribution in [-0.4, -0.2) is 55.0 Å². The number of amides is 2. The maximum Gasteiger partial charge on any atom is 0.412 e. The van der Waals surface area contributed by atoms with Crippen LogP contribution >= 0.6 is 0 Å². The van der Waals surface area contributed by atoms with Crippen LogP contribution in [0.1, 0.15) is 11.3 Å². The van der Waals surface area contributed by atoms with Gasteiger partial charge < -0.3 is 24.4 Å². The lowest BCUT2D eigenvalue weighted by atomic mass is 10.2. The fourth-order valence-corrected chi connectivity index (χ4v) is 2.14. The number of nitrogens with one attached hydrogen (secondary N) is 1. The van der Waals surface area contributed by atoms with Crippen LogP contribution in [0.4, 0.5) is 9.59 Å². The Morgan fingerprint density at radius 3 is 2.48 bits per heavy atom. The number of esters is 1. The highest BCUT2D eigenvalue weighted by molar-refractivity contribution is 5.77. The minimum Gasteiger partial charge on any atom is -0.445 e. The van der Waals surface area contributed by atoms with Crippen molar-refractivity contribution in [3.05, 3.63) is 66.0 Å². The average Bonchev–Trinajstić information content (AvgIpc) is 2.76. The van der Waals surface area contributed by atoms with Gasteiger partial charge in [0.1, 0.15) is 13.2 Å². The van der Waals surface area contributed by atoms with E-state index in [0.29, 0.717) is 13.0 Å². The molecule has 0 saturated carbocycles. The molecule has 2 amide bonds. The summed E-state index contributed by atoms with van der Waals surface area (Å²) in [6.45, 7) is -0.463. The number of ether oxygens (including phenoxy) is 3. The van der Waals surface area contributed by atoms with Crippen molar-refractivity contribution in [2.45, 2.75) is 13.0 Å². The van der Waals surface area contributed by atoms with E-state index in [1.165, 1.54) is 4.90 Å². The third-order valence-electron chi connectivity index (χ3n) is 3.73. The fourth-order valence-electron chi connectivity index (χ4n) is 2.14. The van der Waals surface area contributed by atoms with E-state index in [-0.39, 0.29) is 6.61 Å². The van der Waals surface area contributed by atoms with E-state index < -0.39 is 31.5 Å². The number of hydrogen-bond donors (Lipinski definition) is 1. The highest BCUT2D eigenvalue weighted by Gasteiger charge is 2.12. The Bertz CT molecular complexity index is 785. The summed E-state index contributed by atoms with van der Waals surface area (Å²) in [6.07, 6.45) is 0.862. The number of benzene rings is 1. The second-order valence-electron chi connectivity index (χ2n) is 5.95. The molecule has 2 aromatic rings. The molecule has 0 aliphatic rings. The molecular weight excluding hydrogens is 378 g/mol. The average molecular weight is 401 g/mol. The molecule has 2 rings (SSSR count). The maximum absolute atomic E-state index is 11.8. The van der Waals surface area contributed by atoms with Crippen LogP contribution in [-0.2, 0) is 32.0 Å². The van der Waals surface area contributed by atoms with Crippen LogP contribution in [0.2, 0.25) is 0 Å². The normalized spacial score (nSPS) is 9.97. The number of alkyl carbamates (subject to hydrolysis) is 1. The Kier molecular flexibility index (Phi) is 8.94. The van der Waals surface area contributed by atoms with Crippen molar-refractivity contribution in [1.82, 2.24) is 15.2 Å². The second kappa shape index (κ2) is 12.0. The Morgan fingerprint density at radius 1 is 1.00 bits per heavy atom. The minimum atomic E-state index is -0.759. The molecule has 9 nitrogen and oxygen atoms in total. The number of likely N-dealkylation sites (N-methyl/N-ethyl adjacent to an activating group) is 1. The van der Waals surface area contributed by atoms with Gasteiger partial charge in [0.2, 0.25) is 6.79 Å². The lowest BCUT2D eigenvalue weighted by Crippen LogP contribution is -2.33. The topological polar surface area (TPSA) is 107 Å². The monoisotopic (exact) mass is 401 g/mol. The molecule has 0 radical (unpaired) electrons. The molecule has 0 saturated heterocycles. The molecule has 1 aromatic carbocycles. The van der Waals surface area contributed by atoms with Crippen LogP contribution < -0.4 is 5.32 Å². The summed E-state index contributed by atoms with van der Waals surface area (Å²) in [5.41, 5.74) is 1.67. The number of carbonyl (C=O) groups excluding carboxylic acids is 3. The molecule has 0 unspecified atom stereocenters. The van der Waals surface area contributed by atoms with Crippen molar-refractivity contribution in [3.63, 3.8) is 0 Å². The molecule has 0 bridgehead atoms. The molecule has 0 spiro atoms. The molecule has 9 heteroatoms. The Balaban J connectivity index is 1.55. The van der Waals surface area contributed by atoms with Crippen LogP contribution in [0.25, 0.3) is 0 Å². The first-order valence-electron chi connectivity index (χ1n) is 8.92. The van der Waals surface area contributed by atoms with E-state index in [1.807, 2.05) is 48.5 Å². The van der Waals surface area contributed by atoms with Gasteiger partial charge in [-0.25, -0.2) is 9.59 Å². The first kappa shape index (κ1) is 21.7. The zero-order chi connectivity index (χ0) is 20.9. The van der Waals surface area contributed by atoms with E-state index >= 15 is 0 Å². The van der Waals surface area contributed by atoms with Crippen molar-refractivity contribution in [3.8, 4) is 0 Å². The van der Waals surface area contributed by atoms with E-state index in [1.54, 1.807) is 13.2 Å². The minimum absolute atomic E-state index is 0.0875. The van der Waals surface area contributed by atoms with Crippen LogP contribution in [0.15, 0.2) is 54.7 Å². The molecule has 0 atom stereocenters. The summed E-state index contributed by atoms with van der Waals surface area (Å²) in [7, 11) is 1.57. The quantitative estimate of drug-likeness (QED) is 0.507. The van der Waals surface area contributed by atoms with Crippen molar-refractivity contribution in [2.24, 2.45) is 0 Å². The molecule has 154 valence electrons. The van der Waals surface area contributed by atoms with Gasteiger partial charge in [-0.1, -0.05) is 36.4 Å². The highest BCUT2D eigenvalue weighted by Crippen LogP contribution is 2.01. The van der Waals surface area contributed by atoms with Crippen molar-refractivity contribution in [1.29, 1.82) is 0 Å². The summed E-state index contributed by atoms with van der Waals surface area (Å²) in [5.74, 6) is -0.759. The van der Waals surface area contributed by atoms with Gasteiger partial charge in [-0.2, -0.15) is 0 Å². The zero-order valence-electron chi connectivity index (χ0n) is 16.1. The van der Waals surface area contributed by atoms with Gasteiger partial charge in [-0.05, 0) is 17.7 Å². The molecule has 29 heavy (non-hydrogen) atoms. The predicted octanol–water partition coefficient (Wildman–Crippen LogP) is 2.12. The molecule has 0 fully saturated rings. The van der Waals surface area contributed by atoms with Gasteiger partial charge in [0, 0.05) is 31.9 Å². The molecule has 0 aliphatic carbocycles. The number of rotatable bonds is 9. The molecule has 1 N–H and O–H groups in total. The Morgan fingerprint density at radius 2 is 1.76 bits per heavy atom.